The minimum absolute atomic E-state index is 0.0191. The summed E-state index contributed by atoms with van der Waals surface area (Å²) in [5, 5.41) is 12.6. The van der Waals surface area contributed by atoms with Gasteiger partial charge in [0.2, 0.25) is 0 Å². The van der Waals surface area contributed by atoms with Crippen molar-refractivity contribution in [3.63, 3.8) is 0 Å². The lowest BCUT2D eigenvalue weighted by Crippen LogP contribution is -2.20. The number of aliphatic hydroxyl groups is 1. The number of hydrogen-bond acceptors (Lipinski definition) is 1. The lowest BCUT2D eigenvalue weighted by Gasteiger charge is -2.28. The molecule has 0 aromatic heterocycles. The standard InChI is InChI=1S/C6H14NO/c1-6(2,5-8)4-7-3/h8H,4-5H2,1-3H3/q-1. The van der Waals surface area contributed by atoms with E-state index in [0.717, 1.165) is 6.54 Å². The molecule has 0 atom stereocenters. The van der Waals surface area contributed by atoms with Crippen LogP contribution in [0.1, 0.15) is 13.8 Å². The maximum Gasteiger partial charge on any atom is 0.0465 e. The van der Waals surface area contributed by atoms with Crippen molar-refractivity contribution in [2.24, 2.45) is 5.41 Å². The Morgan fingerprint density at radius 3 is 2.12 bits per heavy atom. The van der Waals surface area contributed by atoms with Gasteiger partial charge in [-0.25, -0.2) is 0 Å². The van der Waals surface area contributed by atoms with Crippen LogP contribution in [0.15, 0.2) is 0 Å². The second kappa shape index (κ2) is 3.05. The van der Waals surface area contributed by atoms with Gasteiger partial charge in [0.25, 0.3) is 0 Å². The summed E-state index contributed by atoms with van der Waals surface area (Å²) < 4.78 is 0. The fourth-order valence-corrected chi connectivity index (χ4v) is 0.478. The van der Waals surface area contributed by atoms with Crippen LogP contribution in [0, 0.1) is 5.41 Å². The quantitative estimate of drug-likeness (QED) is 0.586. The van der Waals surface area contributed by atoms with Gasteiger partial charge in [-0.3, -0.25) is 0 Å². The fourth-order valence-electron chi connectivity index (χ4n) is 0.478. The number of hydrogen-bond donors (Lipinski definition) is 1. The summed E-state index contributed by atoms with van der Waals surface area (Å²) in [5.74, 6) is 0. The van der Waals surface area contributed by atoms with Crippen LogP contribution in [0.3, 0.4) is 0 Å². The average molecular weight is 116 g/mol. The van der Waals surface area contributed by atoms with Crippen molar-refractivity contribution in [3.05, 3.63) is 5.32 Å². The molecule has 0 aromatic rings. The fraction of sp³-hybridized carbons (Fsp3) is 1.00. The van der Waals surface area contributed by atoms with E-state index >= 15 is 0 Å². The molecule has 0 radical (unpaired) electrons. The van der Waals surface area contributed by atoms with Gasteiger partial charge < -0.3 is 10.4 Å². The maximum atomic E-state index is 8.67. The summed E-state index contributed by atoms with van der Waals surface area (Å²) in [6.45, 7) is 4.92. The van der Waals surface area contributed by atoms with E-state index in [2.05, 4.69) is 5.32 Å². The Bertz CT molecular complexity index is 61.5. The maximum absolute atomic E-state index is 8.67. The number of rotatable bonds is 3. The predicted molar refractivity (Wildman–Crippen MR) is 35.0 cm³/mol. The van der Waals surface area contributed by atoms with E-state index in [0.29, 0.717) is 0 Å². The summed E-state index contributed by atoms with van der Waals surface area (Å²) >= 11 is 0. The summed E-state index contributed by atoms with van der Waals surface area (Å²) in [4.78, 5) is 0. The van der Waals surface area contributed by atoms with Crippen molar-refractivity contribution in [2.45, 2.75) is 13.8 Å². The van der Waals surface area contributed by atoms with Crippen LogP contribution in [-0.2, 0) is 0 Å². The Kier molecular flexibility index (Phi) is 3.02. The molecule has 0 saturated carbocycles. The SMILES string of the molecule is C[N-]CC(C)(C)CO. The van der Waals surface area contributed by atoms with Gasteiger partial charge in [-0.2, -0.15) is 7.05 Å². The second-order valence-electron chi connectivity index (χ2n) is 2.80. The van der Waals surface area contributed by atoms with Gasteiger partial charge in [0.05, 0.1) is 0 Å². The molecule has 0 aromatic carbocycles. The molecular formula is C6H14NO-. The van der Waals surface area contributed by atoms with Crippen LogP contribution >= 0.6 is 0 Å². The largest absolute Gasteiger partial charge is 0.665 e. The van der Waals surface area contributed by atoms with Gasteiger partial charge in [0.1, 0.15) is 0 Å². The van der Waals surface area contributed by atoms with Crippen molar-refractivity contribution in [2.75, 3.05) is 20.2 Å². The van der Waals surface area contributed by atoms with Crippen LogP contribution < -0.4 is 0 Å². The summed E-state index contributed by atoms with van der Waals surface area (Å²) in [7, 11) is 1.76. The molecule has 0 fully saturated rings. The molecular weight excluding hydrogens is 102 g/mol. The molecule has 0 aliphatic carbocycles. The molecule has 0 rings (SSSR count). The monoisotopic (exact) mass is 116 g/mol. The molecule has 0 aliphatic heterocycles. The molecule has 0 heterocycles. The zero-order valence-corrected chi connectivity index (χ0v) is 5.81. The summed E-state index contributed by atoms with van der Waals surface area (Å²) in [5.41, 5.74) is -0.0191. The smallest absolute Gasteiger partial charge is 0.0465 e. The Morgan fingerprint density at radius 2 is 2.00 bits per heavy atom. The van der Waals surface area contributed by atoms with Crippen LogP contribution in [0.2, 0.25) is 0 Å². The topological polar surface area (TPSA) is 34.3 Å². The minimum atomic E-state index is -0.0191. The third kappa shape index (κ3) is 2.99. The van der Waals surface area contributed by atoms with Crippen LogP contribution in [-0.4, -0.2) is 25.3 Å². The van der Waals surface area contributed by atoms with E-state index in [-0.39, 0.29) is 12.0 Å². The Morgan fingerprint density at radius 1 is 1.50 bits per heavy atom. The van der Waals surface area contributed by atoms with Crippen LogP contribution in [0.25, 0.3) is 5.32 Å². The molecule has 0 spiro atoms. The van der Waals surface area contributed by atoms with E-state index < -0.39 is 0 Å². The van der Waals surface area contributed by atoms with Gasteiger partial charge in [-0.1, -0.05) is 13.8 Å². The first kappa shape index (κ1) is 7.92. The average Bonchev–Trinajstić information content (AvgIpc) is 1.67. The normalized spacial score (nSPS) is 12.0. The lowest BCUT2D eigenvalue weighted by molar-refractivity contribution is 0.172. The zero-order chi connectivity index (χ0) is 6.62. The zero-order valence-electron chi connectivity index (χ0n) is 5.81. The first-order chi connectivity index (χ1) is 3.62. The highest BCUT2D eigenvalue weighted by Gasteiger charge is 2.08. The van der Waals surface area contributed by atoms with Crippen molar-refractivity contribution in [1.29, 1.82) is 0 Å². The van der Waals surface area contributed by atoms with Gasteiger partial charge in [-0.05, 0) is 5.41 Å². The molecule has 0 saturated heterocycles. The van der Waals surface area contributed by atoms with Gasteiger partial charge in [-0.15, -0.1) is 6.54 Å². The van der Waals surface area contributed by atoms with E-state index in [9.17, 15) is 0 Å². The van der Waals surface area contributed by atoms with E-state index in [1.54, 1.807) is 7.05 Å². The van der Waals surface area contributed by atoms with Crippen molar-refractivity contribution >= 4 is 0 Å². The summed E-state index contributed by atoms with van der Waals surface area (Å²) in [6.07, 6.45) is 0. The first-order valence-corrected chi connectivity index (χ1v) is 2.79. The lowest BCUT2D eigenvalue weighted by atomic mass is 9.95. The predicted octanol–water partition coefficient (Wildman–Crippen LogP) is 1.01. The molecule has 0 unspecified atom stereocenters. The highest BCUT2D eigenvalue weighted by Crippen LogP contribution is 2.14. The van der Waals surface area contributed by atoms with Crippen molar-refractivity contribution in [1.82, 2.24) is 0 Å². The molecule has 50 valence electrons. The van der Waals surface area contributed by atoms with Crippen LogP contribution in [0.5, 0.6) is 0 Å². The first-order valence-electron chi connectivity index (χ1n) is 2.79. The van der Waals surface area contributed by atoms with Gasteiger partial charge in [0, 0.05) is 6.61 Å². The van der Waals surface area contributed by atoms with Crippen molar-refractivity contribution in [3.8, 4) is 0 Å². The second-order valence-corrected chi connectivity index (χ2v) is 2.80. The highest BCUT2D eigenvalue weighted by molar-refractivity contribution is 4.82. The molecule has 0 aliphatic rings. The number of aliphatic hydroxyl groups excluding tert-OH is 1. The number of nitrogens with zero attached hydrogens (tertiary/aromatic N) is 1. The molecule has 2 nitrogen and oxygen atoms in total. The van der Waals surface area contributed by atoms with E-state index in [4.69, 9.17) is 5.11 Å². The van der Waals surface area contributed by atoms with Crippen molar-refractivity contribution < 1.29 is 5.11 Å². The Labute approximate surface area is 50.9 Å². The highest BCUT2D eigenvalue weighted by atomic mass is 16.3. The molecule has 0 amide bonds. The third-order valence-corrected chi connectivity index (χ3v) is 1.01. The molecule has 8 heavy (non-hydrogen) atoms. The third-order valence-electron chi connectivity index (χ3n) is 1.01. The van der Waals surface area contributed by atoms with Gasteiger partial charge >= 0.3 is 0 Å². The van der Waals surface area contributed by atoms with Gasteiger partial charge in [0.15, 0.2) is 0 Å². The van der Waals surface area contributed by atoms with E-state index in [1.165, 1.54) is 0 Å². The van der Waals surface area contributed by atoms with E-state index in [1.807, 2.05) is 13.8 Å². The summed E-state index contributed by atoms with van der Waals surface area (Å²) in [6, 6.07) is 0. The van der Waals surface area contributed by atoms with Crippen LogP contribution in [0.4, 0.5) is 0 Å². The minimum Gasteiger partial charge on any atom is -0.665 e. The Hall–Kier alpha value is -0.0800. The molecule has 0 bridgehead atoms. The Balaban J connectivity index is 3.37. The molecule has 2 heteroatoms. The molecule has 1 N–H and O–H groups in total.